The molecule has 1 heterocycles. The van der Waals surface area contributed by atoms with Crippen LogP contribution >= 0.6 is 0 Å². The van der Waals surface area contributed by atoms with Gasteiger partial charge in [0, 0.05) is 11.1 Å². The summed E-state index contributed by atoms with van der Waals surface area (Å²) in [6.07, 6.45) is 0.310. The van der Waals surface area contributed by atoms with E-state index in [4.69, 9.17) is 4.74 Å². The summed E-state index contributed by atoms with van der Waals surface area (Å²) in [4.78, 5) is 0. The van der Waals surface area contributed by atoms with Crippen LogP contribution in [0.15, 0.2) is 66.7 Å². The summed E-state index contributed by atoms with van der Waals surface area (Å²) < 4.78 is 5.28. The molecule has 1 nitrogen and oxygen atoms in total. The third kappa shape index (κ3) is 2.54. The van der Waals surface area contributed by atoms with E-state index in [-0.39, 0.29) is 0 Å². The molecular formula is C20H14O. The second kappa shape index (κ2) is 5.09. The van der Waals surface area contributed by atoms with Gasteiger partial charge in [-0.05, 0) is 34.5 Å². The maximum Gasteiger partial charge on any atom is 0.106 e. The Hall–Kier alpha value is -2.56. The van der Waals surface area contributed by atoms with E-state index in [1.165, 1.54) is 16.3 Å². The Balaban J connectivity index is 1.68. The first kappa shape index (κ1) is 12.2. The minimum Gasteiger partial charge on any atom is -0.368 e. The van der Waals surface area contributed by atoms with Crippen molar-refractivity contribution < 1.29 is 4.74 Å². The van der Waals surface area contributed by atoms with Crippen LogP contribution in [-0.2, 0) is 4.74 Å². The lowest BCUT2D eigenvalue weighted by molar-refractivity contribution is 0.415. The largest absolute Gasteiger partial charge is 0.368 e. The molecule has 3 aromatic carbocycles. The molecule has 0 amide bonds. The van der Waals surface area contributed by atoms with E-state index in [1.807, 2.05) is 0 Å². The first-order valence-electron chi connectivity index (χ1n) is 7.11. The van der Waals surface area contributed by atoms with E-state index < -0.39 is 0 Å². The molecule has 3 aromatic rings. The zero-order chi connectivity index (χ0) is 14.1. The van der Waals surface area contributed by atoms with Gasteiger partial charge in [-0.15, -0.1) is 0 Å². The standard InChI is InChI=1S/C20H14O/c1-2-7-19-16(4-1)5-3-6-17(19)11-8-15-9-12-18(13-10-15)20-14-21-20/h1-7,9-10,12-13,20H,14H2. The van der Waals surface area contributed by atoms with Crippen LogP contribution in [0.2, 0.25) is 0 Å². The normalized spacial score (nSPS) is 16.3. The van der Waals surface area contributed by atoms with Crippen molar-refractivity contribution in [3.05, 3.63) is 83.4 Å². The maximum absolute atomic E-state index is 5.28. The Kier molecular flexibility index (Phi) is 2.96. The van der Waals surface area contributed by atoms with E-state index in [2.05, 4.69) is 78.6 Å². The SMILES string of the molecule is C(#Cc1cccc2ccccc12)c1ccc(C2CO2)cc1. The van der Waals surface area contributed by atoms with Crippen molar-refractivity contribution in [3.8, 4) is 11.8 Å². The summed E-state index contributed by atoms with van der Waals surface area (Å²) in [5.74, 6) is 6.54. The van der Waals surface area contributed by atoms with Gasteiger partial charge in [0.05, 0.1) is 6.61 Å². The predicted molar refractivity (Wildman–Crippen MR) is 85.1 cm³/mol. The van der Waals surface area contributed by atoms with Crippen molar-refractivity contribution in [1.29, 1.82) is 0 Å². The van der Waals surface area contributed by atoms with E-state index in [1.54, 1.807) is 0 Å². The second-order valence-corrected chi connectivity index (χ2v) is 5.22. The highest BCUT2D eigenvalue weighted by atomic mass is 16.6. The molecule has 1 unspecified atom stereocenters. The first-order valence-corrected chi connectivity index (χ1v) is 7.11. The summed E-state index contributed by atoms with van der Waals surface area (Å²) in [5.41, 5.74) is 3.35. The number of benzene rings is 3. The Bertz CT molecular complexity index is 841. The Morgan fingerprint density at radius 1 is 0.810 bits per heavy atom. The second-order valence-electron chi connectivity index (χ2n) is 5.22. The molecule has 1 fully saturated rings. The molecule has 0 radical (unpaired) electrons. The molecule has 100 valence electrons. The van der Waals surface area contributed by atoms with Gasteiger partial charge in [0.25, 0.3) is 0 Å². The number of rotatable bonds is 1. The molecular weight excluding hydrogens is 256 g/mol. The topological polar surface area (TPSA) is 12.5 Å². The molecule has 1 heteroatoms. The number of ether oxygens (including phenoxy) is 1. The summed E-state index contributed by atoms with van der Waals surface area (Å²) in [5, 5.41) is 2.43. The van der Waals surface area contributed by atoms with Gasteiger partial charge in [-0.25, -0.2) is 0 Å². The van der Waals surface area contributed by atoms with Crippen molar-refractivity contribution in [2.24, 2.45) is 0 Å². The molecule has 0 aromatic heterocycles. The van der Waals surface area contributed by atoms with Gasteiger partial charge in [-0.3, -0.25) is 0 Å². The fourth-order valence-electron chi connectivity index (χ4n) is 2.50. The van der Waals surface area contributed by atoms with Crippen LogP contribution in [0.1, 0.15) is 22.8 Å². The van der Waals surface area contributed by atoms with Gasteiger partial charge in [0.2, 0.25) is 0 Å². The highest BCUT2D eigenvalue weighted by molar-refractivity contribution is 5.88. The minimum absolute atomic E-state index is 0.310. The number of hydrogen-bond donors (Lipinski definition) is 0. The average molecular weight is 270 g/mol. The van der Waals surface area contributed by atoms with Crippen LogP contribution in [-0.4, -0.2) is 6.61 Å². The van der Waals surface area contributed by atoms with Crippen molar-refractivity contribution >= 4 is 10.8 Å². The van der Waals surface area contributed by atoms with E-state index >= 15 is 0 Å². The number of fused-ring (bicyclic) bond motifs is 1. The van der Waals surface area contributed by atoms with Gasteiger partial charge < -0.3 is 4.74 Å². The van der Waals surface area contributed by atoms with Crippen LogP contribution in [0.3, 0.4) is 0 Å². The smallest absolute Gasteiger partial charge is 0.106 e. The third-order valence-electron chi connectivity index (χ3n) is 3.75. The van der Waals surface area contributed by atoms with Crippen LogP contribution < -0.4 is 0 Å². The summed E-state index contributed by atoms with van der Waals surface area (Å²) in [6, 6.07) is 22.9. The van der Waals surface area contributed by atoms with E-state index in [0.29, 0.717) is 6.10 Å². The highest BCUT2D eigenvalue weighted by Crippen LogP contribution is 2.29. The molecule has 1 aliphatic heterocycles. The number of epoxide rings is 1. The highest BCUT2D eigenvalue weighted by Gasteiger charge is 2.23. The molecule has 0 N–H and O–H groups in total. The molecule has 0 aliphatic carbocycles. The molecule has 21 heavy (non-hydrogen) atoms. The molecule has 0 bridgehead atoms. The van der Waals surface area contributed by atoms with Crippen molar-refractivity contribution in [3.63, 3.8) is 0 Å². The zero-order valence-electron chi connectivity index (χ0n) is 11.5. The van der Waals surface area contributed by atoms with E-state index in [9.17, 15) is 0 Å². The molecule has 0 spiro atoms. The Morgan fingerprint density at radius 3 is 2.38 bits per heavy atom. The third-order valence-corrected chi connectivity index (χ3v) is 3.75. The average Bonchev–Trinajstić information content (AvgIpc) is 3.38. The minimum atomic E-state index is 0.310. The van der Waals surface area contributed by atoms with Crippen LogP contribution in [0.5, 0.6) is 0 Å². The maximum atomic E-state index is 5.28. The fourth-order valence-corrected chi connectivity index (χ4v) is 2.50. The summed E-state index contributed by atoms with van der Waals surface area (Å²) in [7, 11) is 0. The van der Waals surface area contributed by atoms with Crippen LogP contribution in [0.25, 0.3) is 10.8 Å². The Morgan fingerprint density at radius 2 is 1.57 bits per heavy atom. The molecule has 1 aliphatic rings. The Labute approximate surface area is 124 Å². The van der Waals surface area contributed by atoms with Gasteiger partial charge in [-0.2, -0.15) is 0 Å². The van der Waals surface area contributed by atoms with Crippen molar-refractivity contribution in [1.82, 2.24) is 0 Å². The van der Waals surface area contributed by atoms with E-state index in [0.717, 1.165) is 17.7 Å². The predicted octanol–water partition coefficient (Wildman–Crippen LogP) is 4.31. The van der Waals surface area contributed by atoms with Crippen LogP contribution in [0, 0.1) is 11.8 Å². The fraction of sp³-hybridized carbons (Fsp3) is 0.100. The lowest BCUT2D eigenvalue weighted by atomic mass is 10.0. The molecule has 1 saturated heterocycles. The van der Waals surface area contributed by atoms with Gasteiger partial charge >= 0.3 is 0 Å². The molecule has 4 rings (SSSR count). The van der Waals surface area contributed by atoms with Crippen molar-refractivity contribution in [2.75, 3.05) is 6.61 Å². The van der Waals surface area contributed by atoms with Crippen molar-refractivity contribution in [2.45, 2.75) is 6.10 Å². The van der Waals surface area contributed by atoms with Gasteiger partial charge in [-0.1, -0.05) is 60.4 Å². The molecule has 1 atom stereocenters. The zero-order valence-corrected chi connectivity index (χ0v) is 11.5. The lowest BCUT2D eigenvalue weighted by Crippen LogP contribution is -1.82. The van der Waals surface area contributed by atoms with Gasteiger partial charge in [0.15, 0.2) is 0 Å². The first-order chi connectivity index (χ1) is 10.4. The monoisotopic (exact) mass is 270 g/mol. The lowest BCUT2D eigenvalue weighted by Gasteiger charge is -1.99. The summed E-state index contributed by atoms with van der Waals surface area (Å²) >= 11 is 0. The van der Waals surface area contributed by atoms with Gasteiger partial charge in [0.1, 0.15) is 6.10 Å². The summed E-state index contributed by atoms with van der Waals surface area (Å²) in [6.45, 7) is 0.848. The molecule has 0 saturated carbocycles. The number of hydrogen-bond acceptors (Lipinski definition) is 1. The quantitative estimate of drug-likeness (QED) is 0.474. The van der Waals surface area contributed by atoms with Crippen LogP contribution in [0.4, 0.5) is 0 Å².